The van der Waals surface area contributed by atoms with Crippen molar-refractivity contribution >= 4 is 39.8 Å². The number of carbonyl (C=O) groups is 1. The first-order valence-corrected chi connectivity index (χ1v) is 10.8. The van der Waals surface area contributed by atoms with Gasteiger partial charge in [-0.25, -0.2) is 0 Å². The van der Waals surface area contributed by atoms with Crippen LogP contribution in [0.25, 0.3) is 10.8 Å². The largest absolute Gasteiger partial charge is 0.319 e. The minimum Gasteiger partial charge on any atom is -0.319 e. The van der Waals surface area contributed by atoms with E-state index in [1.54, 1.807) is 6.33 Å². The zero-order valence-electron chi connectivity index (χ0n) is 15.4. The third-order valence-electron chi connectivity index (χ3n) is 4.35. The maximum absolute atomic E-state index is 12.4. The topological polar surface area (TPSA) is 65.1 Å². The van der Waals surface area contributed by atoms with Gasteiger partial charge in [-0.15, -0.1) is 21.5 Å². The van der Waals surface area contributed by atoms with Crippen LogP contribution in [0.5, 0.6) is 0 Å². The molecule has 2 aromatic carbocycles. The zero-order chi connectivity index (χ0) is 19.3. The smallest absolute Gasteiger partial charge is 0.258 e. The number of nitrogens with zero attached hydrogens (tertiary/aromatic N) is 5. The Labute approximate surface area is 170 Å². The number of hydrogen-bond donors (Lipinski definition) is 0. The van der Waals surface area contributed by atoms with Crippen molar-refractivity contribution in [2.75, 3.05) is 5.75 Å². The van der Waals surface area contributed by atoms with Crippen molar-refractivity contribution < 1.29 is 4.79 Å². The first-order chi connectivity index (χ1) is 13.7. The number of benzene rings is 2. The van der Waals surface area contributed by atoms with E-state index in [4.69, 9.17) is 0 Å². The molecule has 2 heterocycles. The van der Waals surface area contributed by atoms with Gasteiger partial charge in [0.15, 0.2) is 9.96 Å². The molecule has 142 valence electrons. The number of hydrogen-bond acceptors (Lipinski definition) is 5. The molecular formula is C20H19N5OS2. The van der Waals surface area contributed by atoms with Crippen LogP contribution in [0.4, 0.5) is 0 Å². The first-order valence-electron chi connectivity index (χ1n) is 8.93. The number of aromatic nitrogens is 4. The Bertz CT molecular complexity index is 1170. The molecule has 0 atom stereocenters. The summed E-state index contributed by atoms with van der Waals surface area (Å²) in [6, 6.07) is 14.6. The van der Waals surface area contributed by atoms with Crippen molar-refractivity contribution in [1.82, 2.24) is 19.3 Å². The molecular weight excluding hydrogens is 390 g/mol. The predicted octanol–water partition coefficient (Wildman–Crippen LogP) is 3.58. The first kappa shape index (κ1) is 18.6. The average Bonchev–Trinajstić information content (AvgIpc) is 3.36. The molecule has 0 fully saturated rings. The van der Waals surface area contributed by atoms with Gasteiger partial charge in [-0.3, -0.25) is 4.79 Å². The van der Waals surface area contributed by atoms with Crippen molar-refractivity contribution in [1.29, 1.82) is 0 Å². The van der Waals surface area contributed by atoms with Crippen LogP contribution < -0.4 is 4.80 Å². The summed E-state index contributed by atoms with van der Waals surface area (Å²) in [5.41, 5.74) is 1.20. The summed E-state index contributed by atoms with van der Waals surface area (Å²) in [4.78, 5) is 17.4. The molecule has 8 heteroatoms. The van der Waals surface area contributed by atoms with Gasteiger partial charge in [0.1, 0.15) is 6.33 Å². The van der Waals surface area contributed by atoms with Gasteiger partial charge in [0.05, 0.1) is 12.3 Å². The summed E-state index contributed by atoms with van der Waals surface area (Å²) in [5.74, 6) is 0.0648. The lowest BCUT2D eigenvalue weighted by Crippen LogP contribution is -2.17. The number of amides is 1. The molecule has 1 amide bonds. The van der Waals surface area contributed by atoms with E-state index in [2.05, 4.69) is 45.5 Å². The molecule has 0 aliphatic heterocycles. The Morgan fingerprint density at radius 3 is 2.93 bits per heavy atom. The van der Waals surface area contributed by atoms with Gasteiger partial charge in [-0.2, -0.15) is 4.99 Å². The number of thiazole rings is 1. The molecule has 2 aromatic heterocycles. The molecule has 0 aliphatic rings. The molecule has 0 unspecified atom stereocenters. The second kappa shape index (κ2) is 8.53. The Kier molecular flexibility index (Phi) is 5.68. The molecule has 0 saturated heterocycles. The van der Waals surface area contributed by atoms with Crippen LogP contribution in [0.2, 0.25) is 0 Å². The third-order valence-corrected chi connectivity index (χ3v) is 6.11. The van der Waals surface area contributed by atoms with E-state index >= 15 is 0 Å². The Balaban J connectivity index is 1.52. The maximum atomic E-state index is 12.4. The summed E-state index contributed by atoms with van der Waals surface area (Å²) in [6.07, 6.45) is 3.64. The molecule has 0 radical (unpaired) electrons. The van der Waals surface area contributed by atoms with Gasteiger partial charge in [-0.1, -0.05) is 54.2 Å². The quantitative estimate of drug-likeness (QED) is 0.457. The van der Waals surface area contributed by atoms with Crippen molar-refractivity contribution in [3.05, 3.63) is 70.7 Å². The number of fused-ring (bicyclic) bond motifs is 1. The van der Waals surface area contributed by atoms with Gasteiger partial charge in [0.25, 0.3) is 5.91 Å². The summed E-state index contributed by atoms with van der Waals surface area (Å²) in [7, 11) is 0. The lowest BCUT2D eigenvalue weighted by molar-refractivity contribution is -0.115. The predicted molar refractivity (Wildman–Crippen MR) is 112 cm³/mol. The monoisotopic (exact) mass is 409 g/mol. The second-order valence-corrected chi connectivity index (χ2v) is 7.96. The molecule has 6 nitrogen and oxygen atoms in total. The number of rotatable bonds is 6. The number of aryl methyl sites for hydroxylation is 1. The van der Waals surface area contributed by atoms with Crippen LogP contribution in [0.15, 0.2) is 70.5 Å². The molecule has 0 saturated carbocycles. The molecule has 0 aliphatic carbocycles. The van der Waals surface area contributed by atoms with E-state index in [-0.39, 0.29) is 11.7 Å². The lowest BCUT2D eigenvalue weighted by Gasteiger charge is -2.07. The summed E-state index contributed by atoms with van der Waals surface area (Å²) < 4.78 is 3.92. The lowest BCUT2D eigenvalue weighted by atomic mass is 10.0. The summed E-state index contributed by atoms with van der Waals surface area (Å²) >= 11 is 2.83. The highest BCUT2D eigenvalue weighted by atomic mass is 32.2. The van der Waals surface area contributed by atoms with Crippen LogP contribution in [0.3, 0.4) is 0 Å². The van der Waals surface area contributed by atoms with E-state index in [1.807, 2.05) is 39.8 Å². The second-order valence-electron chi connectivity index (χ2n) is 6.15. The Morgan fingerprint density at radius 1 is 1.18 bits per heavy atom. The van der Waals surface area contributed by atoms with E-state index in [0.29, 0.717) is 11.3 Å². The fourth-order valence-corrected chi connectivity index (χ4v) is 4.47. The van der Waals surface area contributed by atoms with E-state index in [0.717, 1.165) is 11.7 Å². The maximum Gasteiger partial charge on any atom is 0.258 e. The van der Waals surface area contributed by atoms with Crippen LogP contribution >= 0.6 is 23.1 Å². The summed E-state index contributed by atoms with van der Waals surface area (Å²) in [5, 5.41) is 13.0. The SMILES string of the molecule is CCn1cnnc1SCC(=O)N=c1sccn1Cc1cccc2ccccc12. The van der Waals surface area contributed by atoms with Crippen LogP contribution in [-0.2, 0) is 17.9 Å². The minimum absolute atomic E-state index is 0.176. The fourth-order valence-electron chi connectivity index (χ4n) is 2.96. The van der Waals surface area contributed by atoms with Crippen molar-refractivity contribution in [2.24, 2.45) is 4.99 Å². The fraction of sp³-hybridized carbons (Fsp3) is 0.200. The molecule has 4 rings (SSSR count). The van der Waals surface area contributed by atoms with Crippen molar-refractivity contribution in [3.8, 4) is 0 Å². The molecule has 0 bridgehead atoms. The molecule has 0 N–H and O–H groups in total. The molecule has 0 spiro atoms. The summed E-state index contributed by atoms with van der Waals surface area (Å²) in [6.45, 7) is 3.46. The van der Waals surface area contributed by atoms with E-state index in [9.17, 15) is 4.79 Å². The van der Waals surface area contributed by atoms with Gasteiger partial charge >= 0.3 is 0 Å². The van der Waals surface area contributed by atoms with Gasteiger partial charge in [0.2, 0.25) is 0 Å². The number of carbonyl (C=O) groups excluding carboxylic acids is 1. The highest BCUT2D eigenvalue weighted by molar-refractivity contribution is 7.99. The third kappa shape index (κ3) is 4.07. The van der Waals surface area contributed by atoms with Gasteiger partial charge < -0.3 is 9.13 Å². The van der Waals surface area contributed by atoms with Crippen LogP contribution in [-0.4, -0.2) is 31.0 Å². The van der Waals surface area contributed by atoms with Crippen LogP contribution in [0.1, 0.15) is 12.5 Å². The zero-order valence-corrected chi connectivity index (χ0v) is 17.0. The molecule has 28 heavy (non-hydrogen) atoms. The number of thioether (sulfide) groups is 1. The Morgan fingerprint density at radius 2 is 2.04 bits per heavy atom. The van der Waals surface area contributed by atoms with Crippen molar-refractivity contribution in [3.63, 3.8) is 0 Å². The average molecular weight is 410 g/mol. The van der Waals surface area contributed by atoms with E-state index < -0.39 is 0 Å². The van der Waals surface area contributed by atoms with Crippen LogP contribution in [0, 0.1) is 0 Å². The highest BCUT2D eigenvalue weighted by Crippen LogP contribution is 2.19. The van der Waals surface area contributed by atoms with E-state index in [1.165, 1.54) is 39.4 Å². The molecule has 4 aromatic rings. The van der Waals surface area contributed by atoms with Gasteiger partial charge in [-0.05, 0) is 23.3 Å². The van der Waals surface area contributed by atoms with Gasteiger partial charge in [0, 0.05) is 18.1 Å². The standard InChI is InChI=1S/C20H19N5OS2/c1-2-24-14-21-23-20(24)28-13-18(26)22-19-25(10-11-27-19)12-16-8-5-7-15-6-3-4-9-17(15)16/h3-11,14H,2,12-13H2,1H3. The van der Waals surface area contributed by atoms with Crippen molar-refractivity contribution in [2.45, 2.75) is 25.2 Å². The minimum atomic E-state index is -0.176. The Hall–Kier alpha value is -2.71. The highest BCUT2D eigenvalue weighted by Gasteiger charge is 2.08. The normalized spacial score (nSPS) is 12.0.